The highest BCUT2D eigenvalue weighted by Gasteiger charge is 2.08. The first-order valence-corrected chi connectivity index (χ1v) is 6.06. The van der Waals surface area contributed by atoms with Crippen LogP contribution in [0, 0.1) is 0 Å². The lowest BCUT2D eigenvalue weighted by Crippen LogP contribution is -2.36. The van der Waals surface area contributed by atoms with Crippen LogP contribution in [0.1, 0.15) is 20.8 Å². The van der Waals surface area contributed by atoms with E-state index in [0.29, 0.717) is 18.4 Å². The molecule has 1 N–H and O–H groups in total. The molecule has 0 amide bonds. The molecular formula is C12H22N4O. The van der Waals surface area contributed by atoms with Crippen molar-refractivity contribution >= 4 is 5.82 Å². The van der Waals surface area contributed by atoms with Crippen LogP contribution in [0.2, 0.25) is 0 Å². The van der Waals surface area contributed by atoms with E-state index in [-0.39, 0.29) is 5.56 Å². The highest BCUT2D eigenvalue weighted by atomic mass is 16.1. The van der Waals surface area contributed by atoms with Gasteiger partial charge in [0.25, 0.3) is 5.56 Å². The van der Waals surface area contributed by atoms with Gasteiger partial charge in [0.05, 0.1) is 0 Å². The Bertz CT molecular complexity index is 400. The summed E-state index contributed by atoms with van der Waals surface area (Å²) in [6, 6.07) is 0.458. The predicted molar refractivity (Wildman–Crippen MR) is 70.6 cm³/mol. The van der Waals surface area contributed by atoms with E-state index < -0.39 is 0 Å². The molecule has 1 aromatic rings. The van der Waals surface area contributed by atoms with E-state index in [4.69, 9.17) is 0 Å². The Hall–Kier alpha value is -1.36. The van der Waals surface area contributed by atoms with E-state index in [2.05, 4.69) is 24.1 Å². The Morgan fingerprint density at radius 3 is 2.82 bits per heavy atom. The molecule has 0 fully saturated rings. The number of nitrogens with zero attached hydrogens (tertiary/aromatic N) is 3. The lowest BCUT2D eigenvalue weighted by atomic mass is 10.4. The third kappa shape index (κ3) is 3.85. The number of rotatable bonds is 6. The van der Waals surface area contributed by atoms with Crippen molar-refractivity contribution in [2.24, 2.45) is 0 Å². The second-order valence-electron chi connectivity index (χ2n) is 4.37. The van der Waals surface area contributed by atoms with Crippen LogP contribution in [0.15, 0.2) is 17.2 Å². The topological polar surface area (TPSA) is 50.2 Å². The Morgan fingerprint density at radius 1 is 1.53 bits per heavy atom. The summed E-state index contributed by atoms with van der Waals surface area (Å²) < 4.78 is 1.66. The molecular weight excluding hydrogens is 216 g/mol. The standard InChI is InChI=1S/C12H22N4O/c1-5-16-9-7-14-11(12(16)17)15(4)8-6-13-10(2)3/h7,9-10,13H,5-6,8H2,1-4H3. The zero-order valence-corrected chi connectivity index (χ0v) is 11.1. The van der Waals surface area contributed by atoms with Gasteiger partial charge in [0.15, 0.2) is 5.82 Å². The lowest BCUT2D eigenvalue weighted by molar-refractivity contribution is 0.586. The first-order valence-electron chi connectivity index (χ1n) is 6.06. The van der Waals surface area contributed by atoms with E-state index in [9.17, 15) is 4.79 Å². The summed E-state index contributed by atoms with van der Waals surface area (Å²) in [5, 5.41) is 3.32. The number of nitrogens with one attached hydrogen (secondary N) is 1. The average Bonchev–Trinajstić information content (AvgIpc) is 2.28. The van der Waals surface area contributed by atoms with Crippen LogP contribution < -0.4 is 15.8 Å². The Morgan fingerprint density at radius 2 is 2.24 bits per heavy atom. The van der Waals surface area contributed by atoms with Crippen LogP contribution in [0.4, 0.5) is 5.82 Å². The lowest BCUT2D eigenvalue weighted by Gasteiger charge is -2.19. The first-order chi connectivity index (χ1) is 8.06. The van der Waals surface area contributed by atoms with E-state index in [1.54, 1.807) is 17.0 Å². The van der Waals surface area contributed by atoms with Crippen molar-refractivity contribution in [1.29, 1.82) is 0 Å². The molecule has 17 heavy (non-hydrogen) atoms. The number of hydrogen-bond acceptors (Lipinski definition) is 4. The van der Waals surface area contributed by atoms with Crippen molar-refractivity contribution in [3.05, 3.63) is 22.7 Å². The van der Waals surface area contributed by atoms with E-state index in [0.717, 1.165) is 13.1 Å². The van der Waals surface area contributed by atoms with Gasteiger partial charge < -0.3 is 14.8 Å². The molecule has 0 aromatic carbocycles. The van der Waals surface area contributed by atoms with E-state index >= 15 is 0 Å². The fourth-order valence-corrected chi connectivity index (χ4v) is 1.57. The van der Waals surface area contributed by atoms with Crippen LogP contribution in [-0.2, 0) is 6.54 Å². The van der Waals surface area contributed by atoms with Crippen LogP contribution in [0.3, 0.4) is 0 Å². The van der Waals surface area contributed by atoms with Gasteiger partial charge in [-0.05, 0) is 6.92 Å². The summed E-state index contributed by atoms with van der Waals surface area (Å²) in [7, 11) is 1.89. The van der Waals surface area contributed by atoms with Crippen molar-refractivity contribution in [3.8, 4) is 0 Å². The van der Waals surface area contributed by atoms with Gasteiger partial charge in [0, 0.05) is 45.1 Å². The Labute approximate surface area is 102 Å². The highest BCUT2D eigenvalue weighted by molar-refractivity contribution is 5.34. The summed E-state index contributed by atoms with van der Waals surface area (Å²) in [6.45, 7) is 8.44. The maximum Gasteiger partial charge on any atom is 0.293 e. The molecule has 0 spiro atoms. The largest absolute Gasteiger partial charge is 0.354 e. The summed E-state index contributed by atoms with van der Waals surface area (Å²) in [4.78, 5) is 18.0. The molecule has 0 aliphatic carbocycles. The first kappa shape index (κ1) is 13.7. The van der Waals surface area contributed by atoms with Gasteiger partial charge in [0.2, 0.25) is 0 Å². The summed E-state index contributed by atoms with van der Waals surface area (Å²) in [5.41, 5.74) is -0.0259. The third-order valence-corrected chi connectivity index (χ3v) is 2.60. The summed E-state index contributed by atoms with van der Waals surface area (Å²) >= 11 is 0. The van der Waals surface area contributed by atoms with Gasteiger partial charge in [-0.1, -0.05) is 13.8 Å². The predicted octanol–water partition coefficient (Wildman–Crippen LogP) is 0.697. The number of anilines is 1. The summed E-state index contributed by atoms with van der Waals surface area (Å²) in [5.74, 6) is 0.514. The molecule has 0 bridgehead atoms. The number of hydrogen-bond donors (Lipinski definition) is 1. The van der Waals surface area contributed by atoms with Gasteiger partial charge in [-0.2, -0.15) is 0 Å². The second kappa shape index (κ2) is 6.39. The highest BCUT2D eigenvalue weighted by Crippen LogP contribution is 1.99. The molecule has 0 aliphatic rings. The van der Waals surface area contributed by atoms with Gasteiger partial charge in [-0.25, -0.2) is 4.98 Å². The van der Waals surface area contributed by atoms with Gasteiger partial charge in [-0.15, -0.1) is 0 Å². The zero-order chi connectivity index (χ0) is 12.8. The molecule has 5 heteroatoms. The third-order valence-electron chi connectivity index (χ3n) is 2.60. The molecule has 0 atom stereocenters. The minimum atomic E-state index is -0.0259. The molecule has 0 radical (unpaired) electrons. The molecule has 0 aliphatic heterocycles. The molecule has 1 heterocycles. The summed E-state index contributed by atoms with van der Waals surface area (Å²) in [6.07, 6.45) is 3.39. The molecule has 0 saturated heterocycles. The Kier molecular flexibility index (Phi) is 5.15. The van der Waals surface area contributed by atoms with Crippen LogP contribution in [0.25, 0.3) is 0 Å². The SMILES string of the molecule is CCn1ccnc(N(C)CCNC(C)C)c1=O. The number of aryl methyl sites for hydroxylation is 1. The average molecular weight is 238 g/mol. The van der Waals surface area contributed by atoms with Crippen molar-refractivity contribution in [2.75, 3.05) is 25.0 Å². The maximum atomic E-state index is 12.0. The molecule has 0 saturated carbocycles. The molecule has 5 nitrogen and oxygen atoms in total. The van der Waals surface area contributed by atoms with Gasteiger partial charge in [0.1, 0.15) is 0 Å². The number of likely N-dealkylation sites (N-methyl/N-ethyl adjacent to an activating group) is 1. The van der Waals surface area contributed by atoms with Crippen LogP contribution in [-0.4, -0.2) is 35.7 Å². The van der Waals surface area contributed by atoms with Gasteiger partial charge >= 0.3 is 0 Å². The number of aromatic nitrogens is 2. The molecule has 96 valence electrons. The smallest absolute Gasteiger partial charge is 0.293 e. The minimum absolute atomic E-state index is 0.0259. The quantitative estimate of drug-likeness (QED) is 0.792. The monoisotopic (exact) mass is 238 g/mol. The van der Waals surface area contributed by atoms with Crippen molar-refractivity contribution in [3.63, 3.8) is 0 Å². The van der Waals surface area contributed by atoms with Crippen LogP contribution in [0.5, 0.6) is 0 Å². The van der Waals surface area contributed by atoms with Crippen LogP contribution >= 0.6 is 0 Å². The van der Waals surface area contributed by atoms with Crippen molar-refractivity contribution in [1.82, 2.24) is 14.9 Å². The fraction of sp³-hybridized carbons (Fsp3) is 0.667. The maximum absolute atomic E-state index is 12.0. The van der Waals surface area contributed by atoms with Gasteiger partial charge in [-0.3, -0.25) is 4.79 Å². The second-order valence-corrected chi connectivity index (χ2v) is 4.37. The Balaban J connectivity index is 2.69. The normalized spacial score (nSPS) is 10.9. The van der Waals surface area contributed by atoms with E-state index in [1.165, 1.54) is 0 Å². The molecule has 0 unspecified atom stereocenters. The molecule has 1 rings (SSSR count). The molecule has 1 aromatic heterocycles. The minimum Gasteiger partial charge on any atom is -0.354 e. The fourth-order valence-electron chi connectivity index (χ4n) is 1.57. The van der Waals surface area contributed by atoms with Crippen molar-refractivity contribution in [2.45, 2.75) is 33.4 Å². The zero-order valence-electron chi connectivity index (χ0n) is 11.1. The van der Waals surface area contributed by atoms with Crippen molar-refractivity contribution < 1.29 is 0 Å². The van der Waals surface area contributed by atoms with E-state index in [1.807, 2.05) is 18.9 Å².